The maximum atomic E-state index is 2.33. The van der Waals surface area contributed by atoms with Gasteiger partial charge in [0.1, 0.15) is 0 Å². The van der Waals surface area contributed by atoms with Gasteiger partial charge in [0.2, 0.25) is 0 Å². The van der Waals surface area contributed by atoms with Gasteiger partial charge < -0.3 is 0 Å². The molecule has 1 fully saturated rings. The Morgan fingerprint density at radius 2 is 1.05 bits per heavy atom. The Morgan fingerprint density at radius 1 is 0.619 bits per heavy atom. The summed E-state index contributed by atoms with van der Waals surface area (Å²) in [6.07, 6.45) is 7.10. The summed E-state index contributed by atoms with van der Waals surface area (Å²) in [7, 11) is -0.169. The van der Waals surface area contributed by atoms with Crippen molar-refractivity contribution in [1.82, 2.24) is 0 Å². The Hall–Kier alpha value is -0.170. The summed E-state index contributed by atoms with van der Waals surface area (Å²) < 4.78 is 0. The molecule has 2 aromatic carbocycles. The zero-order valence-electron chi connectivity index (χ0n) is 12.2. The SMILES string of the molecule is Br.Br.c1ccc(P(c2ccccc2)C2CCCCC2)cc1. The van der Waals surface area contributed by atoms with E-state index in [0.717, 1.165) is 5.66 Å². The summed E-state index contributed by atoms with van der Waals surface area (Å²) in [5.74, 6) is 0. The number of benzene rings is 2. The molecule has 0 saturated heterocycles. The van der Waals surface area contributed by atoms with Crippen molar-refractivity contribution in [2.75, 3.05) is 0 Å². The molecule has 0 amide bonds. The second kappa shape index (κ2) is 9.77. The lowest BCUT2D eigenvalue weighted by Gasteiger charge is -2.31. The van der Waals surface area contributed by atoms with Crippen LogP contribution >= 0.6 is 41.9 Å². The topological polar surface area (TPSA) is 0 Å². The average molecular weight is 430 g/mol. The van der Waals surface area contributed by atoms with Gasteiger partial charge in [0.25, 0.3) is 0 Å². The Labute approximate surface area is 150 Å². The van der Waals surface area contributed by atoms with E-state index in [9.17, 15) is 0 Å². The standard InChI is InChI=1S/C18H21P.2BrH/c1-4-10-16(11-5-1)19(17-12-6-2-7-13-17)18-14-8-3-9-15-18;;/h1-2,4-7,10-13,18H,3,8-9,14-15H2;2*1H. The van der Waals surface area contributed by atoms with Crippen molar-refractivity contribution < 1.29 is 0 Å². The van der Waals surface area contributed by atoms with E-state index in [1.54, 1.807) is 10.6 Å². The lowest BCUT2D eigenvalue weighted by molar-refractivity contribution is 0.513. The highest BCUT2D eigenvalue weighted by atomic mass is 79.9. The third-order valence-electron chi connectivity index (χ3n) is 4.01. The molecule has 21 heavy (non-hydrogen) atoms. The van der Waals surface area contributed by atoms with Gasteiger partial charge in [-0.1, -0.05) is 79.9 Å². The largest absolute Gasteiger partial charge is 0.114 e. The number of halogens is 2. The average Bonchev–Trinajstić information content (AvgIpc) is 2.51. The highest BCUT2D eigenvalue weighted by Gasteiger charge is 2.25. The molecule has 1 aliphatic rings. The van der Waals surface area contributed by atoms with Crippen molar-refractivity contribution in [3.05, 3.63) is 60.7 Å². The minimum atomic E-state index is -0.169. The van der Waals surface area contributed by atoms with Crippen molar-refractivity contribution in [3.63, 3.8) is 0 Å². The smallest absolute Gasteiger partial charge is 0.0129 e. The molecule has 0 nitrogen and oxygen atoms in total. The molecular formula is C18H23Br2P. The zero-order valence-corrected chi connectivity index (χ0v) is 16.5. The molecule has 0 unspecified atom stereocenters. The van der Waals surface area contributed by atoms with Gasteiger partial charge in [-0.3, -0.25) is 0 Å². The summed E-state index contributed by atoms with van der Waals surface area (Å²) >= 11 is 0. The van der Waals surface area contributed by atoms with E-state index < -0.39 is 0 Å². The van der Waals surface area contributed by atoms with Crippen molar-refractivity contribution in [1.29, 1.82) is 0 Å². The molecule has 0 heterocycles. The van der Waals surface area contributed by atoms with Crippen LogP contribution in [0.4, 0.5) is 0 Å². The van der Waals surface area contributed by atoms with E-state index in [2.05, 4.69) is 60.7 Å². The molecule has 0 spiro atoms. The molecule has 3 heteroatoms. The van der Waals surface area contributed by atoms with Crippen LogP contribution in [0.1, 0.15) is 32.1 Å². The van der Waals surface area contributed by atoms with E-state index in [-0.39, 0.29) is 41.9 Å². The van der Waals surface area contributed by atoms with Crippen LogP contribution in [-0.2, 0) is 0 Å². The fourth-order valence-corrected chi connectivity index (χ4v) is 6.10. The molecule has 0 atom stereocenters. The molecule has 3 rings (SSSR count). The van der Waals surface area contributed by atoms with E-state index in [1.807, 2.05) is 0 Å². The number of hydrogen-bond acceptors (Lipinski definition) is 0. The second-order valence-electron chi connectivity index (χ2n) is 5.33. The van der Waals surface area contributed by atoms with Crippen LogP contribution < -0.4 is 10.6 Å². The highest BCUT2D eigenvalue weighted by molar-refractivity contribution is 8.93. The van der Waals surface area contributed by atoms with Crippen molar-refractivity contribution in [2.45, 2.75) is 37.8 Å². The molecule has 0 bridgehead atoms. The van der Waals surface area contributed by atoms with Crippen LogP contribution in [0.15, 0.2) is 60.7 Å². The first-order valence-electron chi connectivity index (χ1n) is 7.34. The van der Waals surface area contributed by atoms with Crippen LogP contribution in [0, 0.1) is 0 Å². The van der Waals surface area contributed by atoms with E-state index in [4.69, 9.17) is 0 Å². The van der Waals surface area contributed by atoms with E-state index in [0.29, 0.717) is 0 Å². The summed E-state index contributed by atoms with van der Waals surface area (Å²) in [5, 5.41) is 3.10. The Kier molecular flexibility index (Phi) is 8.78. The molecule has 1 aliphatic carbocycles. The van der Waals surface area contributed by atoms with Crippen molar-refractivity contribution in [2.24, 2.45) is 0 Å². The number of hydrogen-bond donors (Lipinski definition) is 0. The van der Waals surface area contributed by atoms with Gasteiger partial charge in [0, 0.05) is 0 Å². The minimum Gasteiger partial charge on any atom is -0.114 e. The summed E-state index contributed by atoms with van der Waals surface area (Å²) in [5.41, 5.74) is 0.883. The second-order valence-corrected chi connectivity index (χ2v) is 7.84. The van der Waals surface area contributed by atoms with Crippen LogP contribution in [0.2, 0.25) is 0 Å². The maximum absolute atomic E-state index is 2.33. The first-order chi connectivity index (χ1) is 9.45. The van der Waals surface area contributed by atoms with E-state index in [1.165, 1.54) is 32.1 Å². The molecule has 1 saturated carbocycles. The molecule has 2 aromatic rings. The maximum Gasteiger partial charge on any atom is -0.0129 e. The van der Waals surface area contributed by atoms with Crippen LogP contribution in [-0.4, -0.2) is 5.66 Å². The predicted octanol–water partition coefficient (Wildman–Crippen LogP) is 5.61. The summed E-state index contributed by atoms with van der Waals surface area (Å²) in [4.78, 5) is 0. The summed E-state index contributed by atoms with van der Waals surface area (Å²) in [6.45, 7) is 0. The quantitative estimate of drug-likeness (QED) is 0.556. The van der Waals surface area contributed by atoms with Crippen molar-refractivity contribution >= 4 is 52.5 Å². The zero-order chi connectivity index (χ0) is 12.9. The van der Waals surface area contributed by atoms with Gasteiger partial charge in [-0.25, -0.2) is 0 Å². The molecule has 0 radical (unpaired) electrons. The van der Waals surface area contributed by atoms with Gasteiger partial charge in [0.05, 0.1) is 0 Å². The van der Waals surface area contributed by atoms with Gasteiger partial charge in [-0.2, -0.15) is 0 Å². The highest BCUT2D eigenvalue weighted by Crippen LogP contribution is 2.45. The predicted molar refractivity (Wildman–Crippen MR) is 107 cm³/mol. The summed E-state index contributed by atoms with van der Waals surface area (Å²) in [6, 6.07) is 22.3. The fourth-order valence-electron chi connectivity index (χ4n) is 3.09. The Bertz CT molecular complexity index is 456. The van der Waals surface area contributed by atoms with Gasteiger partial charge in [-0.05, 0) is 37.0 Å². The molecule has 114 valence electrons. The first-order valence-corrected chi connectivity index (χ1v) is 8.75. The fraction of sp³-hybridized carbons (Fsp3) is 0.333. The number of rotatable bonds is 3. The Morgan fingerprint density at radius 3 is 1.48 bits per heavy atom. The van der Waals surface area contributed by atoms with E-state index >= 15 is 0 Å². The minimum absolute atomic E-state index is 0. The van der Waals surface area contributed by atoms with Crippen LogP contribution in [0.5, 0.6) is 0 Å². The lowest BCUT2D eigenvalue weighted by atomic mass is 10.0. The van der Waals surface area contributed by atoms with Crippen LogP contribution in [0.3, 0.4) is 0 Å². The normalized spacial score (nSPS) is 15.1. The molecule has 0 aromatic heterocycles. The lowest BCUT2D eigenvalue weighted by Crippen LogP contribution is -2.23. The molecule has 0 N–H and O–H groups in total. The molecule has 0 aliphatic heterocycles. The molecular weight excluding hydrogens is 407 g/mol. The Balaban J connectivity index is 0.00000110. The van der Waals surface area contributed by atoms with Crippen molar-refractivity contribution in [3.8, 4) is 0 Å². The third kappa shape index (κ3) is 4.91. The van der Waals surface area contributed by atoms with Crippen LogP contribution in [0.25, 0.3) is 0 Å². The first kappa shape index (κ1) is 18.9. The van der Waals surface area contributed by atoms with Gasteiger partial charge in [0.15, 0.2) is 0 Å². The monoisotopic (exact) mass is 428 g/mol. The van der Waals surface area contributed by atoms with Gasteiger partial charge in [-0.15, -0.1) is 34.0 Å². The third-order valence-corrected chi connectivity index (χ3v) is 6.96. The van der Waals surface area contributed by atoms with Gasteiger partial charge >= 0.3 is 0 Å².